The first kappa shape index (κ1) is 16.8. The van der Waals surface area contributed by atoms with E-state index in [1.165, 1.54) is 5.56 Å². The number of likely N-dealkylation sites (tertiary alicyclic amines) is 1. The van der Waals surface area contributed by atoms with E-state index in [0.717, 1.165) is 70.6 Å². The van der Waals surface area contributed by atoms with E-state index in [0.29, 0.717) is 19.1 Å². The van der Waals surface area contributed by atoms with Crippen LogP contribution in [0.4, 0.5) is 4.79 Å². The van der Waals surface area contributed by atoms with E-state index >= 15 is 0 Å². The highest BCUT2D eigenvalue weighted by atomic mass is 16.5. The highest BCUT2D eigenvalue weighted by molar-refractivity contribution is 5.74. The smallest absolute Gasteiger partial charge is 0.317 e. The van der Waals surface area contributed by atoms with Gasteiger partial charge in [0.25, 0.3) is 0 Å². The quantitative estimate of drug-likeness (QED) is 0.900. The van der Waals surface area contributed by atoms with Crippen molar-refractivity contribution in [1.82, 2.24) is 20.0 Å². The van der Waals surface area contributed by atoms with Crippen LogP contribution < -0.4 is 5.32 Å². The molecule has 0 radical (unpaired) electrons. The highest BCUT2D eigenvalue weighted by Crippen LogP contribution is 2.26. The fraction of sp³-hybridized carbons (Fsp3) is 0.778. The van der Waals surface area contributed by atoms with Crippen molar-refractivity contribution in [2.75, 3.05) is 39.5 Å². The molecule has 25 heavy (non-hydrogen) atoms. The normalized spacial score (nSPS) is 24.3. The van der Waals surface area contributed by atoms with Gasteiger partial charge in [0.2, 0.25) is 0 Å². The van der Waals surface area contributed by atoms with E-state index in [1.54, 1.807) is 0 Å². The van der Waals surface area contributed by atoms with Gasteiger partial charge in [-0.05, 0) is 43.6 Å². The van der Waals surface area contributed by atoms with E-state index in [1.807, 2.05) is 4.90 Å². The molecule has 0 bridgehead atoms. The number of urea groups is 1. The number of nitrogens with zero attached hydrogens (tertiary/aromatic N) is 3. The SMILES string of the molecule is O=C(NC[C@@H]1OCCc2cn(CC3CCOCC3)nc21)N1CCCC1. The largest absolute Gasteiger partial charge is 0.381 e. The third-order valence-corrected chi connectivity index (χ3v) is 5.48. The lowest BCUT2D eigenvalue weighted by Gasteiger charge is -2.24. The van der Waals surface area contributed by atoms with Gasteiger partial charge in [0.05, 0.1) is 18.8 Å². The third kappa shape index (κ3) is 3.98. The summed E-state index contributed by atoms with van der Waals surface area (Å²) >= 11 is 0. The molecule has 0 spiro atoms. The van der Waals surface area contributed by atoms with Gasteiger partial charge in [-0.3, -0.25) is 4.68 Å². The number of fused-ring (bicyclic) bond motifs is 1. The van der Waals surface area contributed by atoms with Gasteiger partial charge in [0.15, 0.2) is 0 Å². The Labute approximate surface area is 148 Å². The third-order valence-electron chi connectivity index (χ3n) is 5.48. The van der Waals surface area contributed by atoms with Crippen molar-refractivity contribution in [3.63, 3.8) is 0 Å². The number of hydrogen-bond donors (Lipinski definition) is 1. The molecule has 3 aliphatic heterocycles. The van der Waals surface area contributed by atoms with Crippen LogP contribution in [0.3, 0.4) is 0 Å². The molecule has 7 heteroatoms. The van der Waals surface area contributed by atoms with Crippen LogP contribution in [-0.4, -0.2) is 60.2 Å². The second-order valence-electron chi connectivity index (χ2n) is 7.31. The van der Waals surface area contributed by atoms with Gasteiger partial charge in [-0.25, -0.2) is 4.79 Å². The number of amides is 2. The Morgan fingerprint density at radius 2 is 2.04 bits per heavy atom. The summed E-state index contributed by atoms with van der Waals surface area (Å²) < 4.78 is 13.4. The molecule has 0 saturated carbocycles. The van der Waals surface area contributed by atoms with Crippen LogP contribution >= 0.6 is 0 Å². The zero-order valence-electron chi connectivity index (χ0n) is 14.8. The van der Waals surface area contributed by atoms with Gasteiger partial charge in [-0.1, -0.05) is 0 Å². The van der Waals surface area contributed by atoms with Crippen molar-refractivity contribution >= 4 is 6.03 Å². The summed E-state index contributed by atoms with van der Waals surface area (Å²) in [5.41, 5.74) is 2.26. The average Bonchev–Trinajstić information content (AvgIpc) is 3.30. The van der Waals surface area contributed by atoms with Crippen molar-refractivity contribution in [3.8, 4) is 0 Å². The molecule has 2 amide bonds. The second kappa shape index (κ2) is 7.74. The van der Waals surface area contributed by atoms with Crippen LogP contribution in [0.5, 0.6) is 0 Å². The minimum atomic E-state index is -0.133. The van der Waals surface area contributed by atoms with Crippen molar-refractivity contribution in [2.24, 2.45) is 5.92 Å². The number of ether oxygens (including phenoxy) is 2. The van der Waals surface area contributed by atoms with Crippen LogP contribution in [0.2, 0.25) is 0 Å². The van der Waals surface area contributed by atoms with Gasteiger partial charge in [-0.2, -0.15) is 5.10 Å². The number of carbonyl (C=O) groups is 1. The summed E-state index contributed by atoms with van der Waals surface area (Å²) in [6.07, 6.45) is 7.36. The summed E-state index contributed by atoms with van der Waals surface area (Å²) in [7, 11) is 0. The predicted molar refractivity (Wildman–Crippen MR) is 92.4 cm³/mol. The molecule has 0 aromatic carbocycles. The Balaban J connectivity index is 1.36. The zero-order chi connectivity index (χ0) is 17.1. The Kier molecular flexibility index (Phi) is 5.22. The van der Waals surface area contributed by atoms with Gasteiger partial charge in [-0.15, -0.1) is 0 Å². The highest BCUT2D eigenvalue weighted by Gasteiger charge is 2.27. The predicted octanol–water partition coefficient (Wildman–Crippen LogP) is 1.73. The first-order valence-corrected chi connectivity index (χ1v) is 9.58. The molecule has 1 atom stereocenters. The van der Waals surface area contributed by atoms with Gasteiger partial charge >= 0.3 is 6.03 Å². The topological polar surface area (TPSA) is 68.6 Å². The summed E-state index contributed by atoms with van der Waals surface area (Å²) in [6.45, 7) is 5.59. The van der Waals surface area contributed by atoms with Crippen molar-refractivity contribution in [2.45, 2.75) is 44.8 Å². The van der Waals surface area contributed by atoms with Gasteiger partial charge in [0, 0.05) is 39.0 Å². The first-order valence-electron chi connectivity index (χ1n) is 9.58. The molecule has 138 valence electrons. The number of carbonyl (C=O) groups excluding carboxylic acids is 1. The number of rotatable bonds is 4. The van der Waals surface area contributed by atoms with E-state index in [4.69, 9.17) is 14.6 Å². The van der Waals surface area contributed by atoms with Crippen LogP contribution in [-0.2, 0) is 22.4 Å². The Hall–Kier alpha value is -1.60. The molecule has 0 aliphatic carbocycles. The molecule has 0 unspecified atom stereocenters. The van der Waals surface area contributed by atoms with Crippen molar-refractivity contribution in [3.05, 3.63) is 17.5 Å². The maximum atomic E-state index is 12.2. The first-order chi connectivity index (χ1) is 12.3. The molecule has 4 rings (SSSR count). The summed E-state index contributed by atoms with van der Waals surface area (Å²) in [4.78, 5) is 14.1. The summed E-state index contributed by atoms with van der Waals surface area (Å²) in [5.74, 6) is 0.643. The molecule has 1 aromatic rings. The molecule has 2 fully saturated rings. The molecular weight excluding hydrogens is 320 g/mol. The van der Waals surface area contributed by atoms with Crippen molar-refractivity contribution < 1.29 is 14.3 Å². The Morgan fingerprint density at radius 1 is 1.24 bits per heavy atom. The number of nitrogens with one attached hydrogen (secondary N) is 1. The number of hydrogen-bond acceptors (Lipinski definition) is 4. The lowest BCUT2D eigenvalue weighted by molar-refractivity contribution is 0.0398. The zero-order valence-corrected chi connectivity index (χ0v) is 14.8. The number of aromatic nitrogens is 2. The fourth-order valence-corrected chi connectivity index (χ4v) is 3.99. The standard InChI is InChI=1S/C18H28N4O3/c23-18(21-6-1-2-7-21)19-11-16-17-15(5-10-25-16)13-22(20-17)12-14-3-8-24-9-4-14/h13-14,16H,1-12H2,(H,19,23)/t16-/m0/s1. The maximum absolute atomic E-state index is 12.2. The molecule has 7 nitrogen and oxygen atoms in total. The molecular formula is C18H28N4O3. The minimum absolute atomic E-state index is 0.0230. The average molecular weight is 348 g/mol. The summed E-state index contributed by atoms with van der Waals surface area (Å²) in [6, 6.07) is 0.0230. The fourth-order valence-electron chi connectivity index (χ4n) is 3.99. The Morgan fingerprint density at radius 3 is 2.84 bits per heavy atom. The lowest BCUT2D eigenvalue weighted by Crippen LogP contribution is -2.40. The monoisotopic (exact) mass is 348 g/mol. The van der Waals surface area contributed by atoms with Gasteiger partial charge in [0.1, 0.15) is 6.10 Å². The van der Waals surface area contributed by atoms with Gasteiger partial charge < -0.3 is 19.7 Å². The van der Waals surface area contributed by atoms with E-state index in [2.05, 4.69) is 16.2 Å². The Bertz CT molecular complexity index is 591. The molecule has 1 N–H and O–H groups in total. The van der Waals surface area contributed by atoms with E-state index < -0.39 is 0 Å². The van der Waals surface area contributed by atoms with Crippen LogP contribution in [0.15, 0.2) is 6.20 Å². The molecule has 1 aromatic heterocycles. The van der Waals surface area contributed by atoms with Crippen LogP contribution in [0.1, 0.15) is 43.0 Å². The maximum Gasteiger partial charge on any atom is 0.317 e. The van der Waals surface area contributed by atoms with E-state index in [-0.39, 0.29) is 12.1 Å². The molecule has 3 aliphatic rings. The molecule has 2 saturated heterocycles. The van der Waals surface area contributed by atoms with E-state index in [9.17, 15) is 4.79 Å². The molecule has 4 heterocycles. The van der Waals surface area contributed by atoms with Crippen molar-refractivity contribution in [1.29, 1.82) is 0 Å². The van der Waals surface area contributed by atoms with Crippen LogP contribution in [0.25, 0.3) is 0 Å². The second-order valence-corrected chi connectivity index (χ2v) is 7.31. The lowest BCUT2D eigenvalue weighted by atomic mass is 10.0. The van der Waals surface area contributed by atoms with Crippen LogP contribution in [0, 0.1) is 5.92 Å². The summed E-state index contributed by atoms with van der Waals surface area (Å²) in [5, 5.41) is 7.81. The minimum Gasteiger partial charge on any atom is -0.381 e.